The minimum atomic E-state index is -3.08. The maximum absolute atomic E-state index is 11.7. The van der Waals surface area contributed by atoms with Crippen LogP contribution in [0.2, 0.25) is 0 Å². The first-order valence-corrected chi connectivity index (χ1v) is 9.26. The van der Waals surface area contributed by atoms with Crippen molar-refractivity contribution >= 4 is 10.0 Å². The summed E-state index contributed by atoms with van der Waals surface area (Å²) < 4.78 is 26.1. The molecule has 21 heavy (non-hydrogen) atoms. The SMILES string of the molecule is CCCS(=O)(=O)NC[C@H]1CCN(Cc2cccc(C)n2)C1. The first kappa shape index (κ1) is 16.4. The minimum Gasteiger partial charge on any atom is -0.297 e. The number of hydrogen-bond acceptors (Lipinski definition) is 4. The summed E-state index contributed by atoms with van der Waals surface area (Å²) in [5.41, 5.74) is 2.12. The second-order valence-corrected chi connectivity index (χ2v) is 7.75. The number of nitrogens with zero attached hydrogens (tertiary/aromatic N) is 2. The zero-order chi connectivity index (χ0) is 15.3. The summed E-state index contributed by atoms with van der Waals surface area (Å²) in [6.07, 6.45) is 1.70. The number of sulfonamides is 1. The second-order valence-electron chi connectivity index (χ2n) is 5.83. The van der Waals surface area contributed by atoms with Crippen molar-refractivity contribution in [2.75, 3.05) is 25.4 Å². The molecule has 0 spiro atoms. The maximum atomic E-state index is 11.7. The van der Waals surface area contributed by atoms with Crippen LogP contribution in [0.4, 0.5) is 0 Å². The van der Waals surface area contributed by atoms with Crippen molar-refractivity contribution in [2.45, 2.75) is 33.2 Å². The van der Waals surface area contributed by atoms with E-state index >= 15 is 0 Å². The van der Waals surface area contributed by atoms with Crippen LogP contribution in [0.15, 0.2) is 18.2 Å². The maximum Gasteiger partial charge on any atom is 0.211 e. The molecule has 1 atom stereocenters. The van der Waals surface area contributed by atoms with E-state index in [-0.39, 0.29) is 5.75 Å². The second kappa shape index (κ2) is 7.33. The molecule has 1 aromatic heterocycles. The van der Waals surface area contributed by atoms with Gasteiger partial charge in [-0.3, -0.25) is 9.88 Å². The lowest BCUT2D eigenvalue weighted by Crippen LogP contribution is -2.32. The Balaban J connectivity index is 1.78. The van der Waals surface area contributed by atoms with E-state index < -0.39 is 10.0 Å². The molecule has 1 saturated heterocycles. The van der Waals surface area contributed by atoms with E-state index in [0.717, 1.165) is 37.4 Å². The molecule has 1 aliphatic heterocycles. The van der Waals surface area contributed by atoms with E-state index in [1.165, 1.54) is 0 Å². The first-order chi connectivity index (χ1) is 9.98. The van der Waals surface area contributed by atoms with Gasteiger partial charge in [-0.15, -0.1) is 0 Å². The van der Waals surface area contributed by atoms with E-state index in [9.17, 15) is 8.42 Å². The fourth-order valence-corrected chi connectivity index (χ4v) is 3.90. The van der Waals surface area contributed by atoms with E-state index in [1.807, 2.05) is 32.0 Å². The van der Waals surface area contributed by atoms with Gasteiger partial charge in [0.2, 0.25) is 10.0 Å². The van der Waals surface area contributed by atoms with Crippen molar-refractivity contribution in [1.29, 1.82) is 0 Å². The molecule has 0 aliphatic carbocycles. The molecule has 6 heteroatoms. The molecular weight excluding hydrogens is 286 g/mol. The number of nitrogens with one attached hydrogen (secondary N) is 1. The number of rotatable bonds is 7. The molecule has 2 heterocycles. The lowest BCUT2D eigenvalue weighted by atomic mass is 10.1. The van der Waals surface area contributed by atoms with Crippen LogP contribution in [-0.4, -0.2) is 43.7 Å². The summed E-state index contributed by atoms with van der Waals surface area (Å²) in [6.45, 7) is 7.23. The Hall–Kier alpha value is -0.980. The van der Waals surface area contributed by atoms with Gasteiger partial charge in [-0.25, -0.2) is 13.1 Å². The molecule has 0 saturated carbocycles. The normalized spacial score (nSPS) is 20.0. The van der Waals surface area contributed by atoms with E-state index in [4.69, 9.17) is 0 Å². The number of likely N-dealkylation sites (tertiary alicyclic amines) is 1. The van der Waals surface area contributed by atoms with Crippen LogP contribution in [0.3, 0.4) is 0 Å². The third-order valence-electron chi connectivity index (χ3n) is 3.77. The van der Waals surface area contributed by atoms with Crippen molar-refractivity contribution in [3.63, 3.8) is 0 Å². The van der Waals surface area contributed by atoms with Crippen LogP contribution in [0, 0.1) is 12.8 Å². The topological polar surface area (TPSA) is 62.3 Å². The highest BCUT2D eigenvalue weighted by Gasteiger charge is 2.24. The molecule has 118 valence electrons. The van der Waals surface area contributed by atoms with E-state index in [0.29, 0.717) is 18.9 Å². The molecule has 5 nitrogen and oxygen atoms in total. The van der Waals surface area contributed by atoms with E-state index in [1.54, 1.807) is 0 Å². The predicted molar refractivity (Wildman–Crippen MR) is 84.4 cm³/mol. The van der Waals surface area contributed by atoms with Crippen molar-refractivity contribution in [3.8, 4) is 0 Å². The fraction of sp³-hybridized carbons (Fsp3) is 0.667. The standard InChI is InChI=1S/C15H25N3O2S/c1-3-9-21(19,20)16-10-14-7-8-18(11-14)12-15-6-4-5-13(2)17-15/h4-6,14,16H,3,7-12H2,1-2H3/t14-/m1/s1. The zero-order valence-corrected chi connectivity index (χ0v) is 13.7. The highest BCUT2D eigenvalue weighted by Crippen LogP contribution is 2.17. The molecule has 0 amide bonds. The average Bonchev–Trinajstić information content (AvgIpc) is 2.84. The van der Waals surface area contributed by atoms with Gasteiger partial charge in [0.05, 0.1) is 11.4 Å². The molecule has 1 aromatic rings. The van der Waals surface area contributed by atoms with Crippen LogP contribution in [0.1, 0.15) is 31.2 Å². The highest BCUT2D eigenvalue weighted by molar-refractivity contribution is 7.89. The Labute approximate surface area is 127 Å². The number of aromatic nitrogens is 1. The van der Waals surface area contributed by atoms with Gasteiger partial charge in [0.1, 0.15) is 0 Å². The van der Waals surface area contributed by atoms with Crippen LogP contribution in [0.5, 0.6) is 0 Å². The Morgan fingerprint density at radius 3 is 2.95 bits per heavy atom. The zero-order valence-electron chi connectivity index (χ0n) is 12.9. The Morgan fingerprint density at radius 1 is 1.43 bits per heavy atom. The molecule has 0 unspecified atom stereocenters. The van der Waals surface area contributed by atoms with Gasteiger partial charge in [0.15, 0.2) is 0 Å². The minimum absolute atomic E-state index is 0.219. The van der Waals surface area contributed by atoms with Crippen molar-refractivity contribution in [1.82, 2.24) is 14.6 Å². The number of hydrogen-bond donors (Lipinski definition) is 1. The summed E-state index contributed by atoms with van der Waals surface area (Å²) in [7, 11) is -3.08. The van der Waals surface area contributed by atoms with Crippen LogP contribution in [-0.2, 0) is 16.6 Å². The lowest BCUT2D eigenvalue weighted by molar-refractivity contribution is 0.312. The highest BCUT2D eigenvalue weighted by atomic mass is 32.2. The van der Waals surface area contributed by atoms with Gasteiger partial charge in [-0.05, 0) is 44.4 Å². The number of pyridine rings is 1. The van der Waals surface area contributed by atoms with Gasteiger partial charge in [0.25, 0.3) is 0 Å². The van der Waals surface area contributed by atoms with Gasteiger partial charge in [0, 0.05) is 25.3 Å². The molecule has 0 bridgehead atoms. The number of aryl methyl sites for hydroxylation is 1. The monoisotopic (exact) mass is 311 g/mol. The van der Waals surface area contributed by atoms with Crippen LogP contribution < -0.4 is 4.72 Å². The average molecular weight is 311 g/mol. The lowest BCUT2D eigenvalue weighted by Gasteiger charge is -2.16. The van der Waals surface area contributed by atoms with Gasteiger partial charge in [-0.1, -0.05) is 13.0 Å². The Kier molecular flexibility index (Phi) is 5.72. The summed E-state index contributed by atoms with van der Waals surface area (Å²) >= 11 is 0. The largest absolute Gasteiger partial charge is 0.297 e. The quantitative estimate of drug-likeness (QED) is 0.830. The summed E-state index contributed by atoms with van der Waals surface area (Å²) in [4.78, 5) is 6.87. The van der Waals surface area contributed by atoms with Crippen LogP contribution in [0.25, 0.3) is 0 Å². The van der Waals surface area contributed by atoms with Crippen molar-refractivity contribution in [2.24, 2.45) is 5.92 Å². The van der Waals surface area contributed by atoms with Crippen molar-refractivity contribution < 1.29 is 8.42 Å². The van der Waals surface area contributed by atoms with Gasteiger partial charge in [-0.2, -0.15) is 0 Å². The van der Waals surface area contributed by atoms with Crippen LogP contribution >= 0.6 is 0 Å². The third-order valence-corrected chi connectivity index (χ3v) is 5.32. The predicted octanol–water partition coefficient (Wildman–Crippen LogP) is 1.54. The summed E-state index contributed by atoms with van der Waals surface area (Å²) in [5, 5.41) is 0. The Morgan fingerprint density at radius 2 is 2.24 bits per heavy atom. The molecule has 1 aliphatic rings. The smallest absolute Gasteiger partial charge is 0.211 e. The molecule has 2 rings (SSSR count). The first-order valence-electron chi connectivity index (χ1n) is 7.61. The van der Waals surface area contributed by atoms with Gasteiger partial charge >= 0.3 is 0 Å². The van der Waals surface area contributed by atoms with E-state index in [2.05, 4.69) is 14.6 Å². The third kappa shape index (κ3) is 5.37. The van der Waals surface area contributed by atoms with Crippen molar-refractivity contribution in [3.05, 3.63) is 29.6 Å². The summed E-state index contributed by atoms with van der Waals surface area (Å²) in [5.74, 6) is 0.623. The fourth-order valence-electron chi connectivity index (χ4n) is 2.73. The molecular formula is C15H25N3O2S. The molecule has 1 N–H and O–H groups in total. The molecule has 1 fully saturated rings. The molecule has 0 aromatic carbocycles. The summed E-state index contributed by atoms with van der Waals surface area (Å²) in [6, 6.07) is 6.08. The Bertz CT molecular complexity index is 560. The molecule has 0 radical (unpaired) electrons. The van der Waals surface area contributed by atoms with Gasteiger partial charge < -0.3 is 0 Å².